The molecule has 0 aromatic heterocycles. The fourth-order valence-corrected chi connectivity index (χ4v) is 10.6. The summed E-state index contributed by atoms with van der Waals surface area (Å²) in [7, 11) is 2.52. The molecule has 5 heterocycles. The van der Waals surface area contributed by atoms with E-state index in [1.165, 1.54) is 87.0 Å². The highest BCUT2D eigenvalue weighted by Gasteiger charge is 2.64. The second-order valence-electron chi connectivity index (χ2n) is 21.7. The van der Waals surface area contributed by atoms with Gasteiger partial charge >= 0.3 is 23.9 Å². The Labute approximate surface area is 527 Å². The summed E-state index contributed by atoms with van der Waals surface area (Å²) in [5.74, 6) is -8.27. The third-order valence-corrected chi connectivity index (χ3v) is 15.5. The molecule has 15 N–H and O–H groups in total. The second kappa shape index (κ2) is 32.2. The molecule has 514 valence electrons. The second-order valence-corrected chi connectivity index (χ2v) is 21.7. The van der Waals surface area contributed by atoms with Crippen molar-refractivity contribution in [1.29, 1.82) is 0 Å². The van der Waals surface area contributed by atoms with Crippen molar-refractivity contribution in [2.75, 3.05) is 53.9 Å². The van der Waals surface area contributed by atoms with Crippen LogP contribution in [-0.4, -0.2) is 301 Å². The summed E-state index contributed by atoms with van der Waals surface area (Å²) in [6, 6.07) is 14.9. The minimum absolute atomic E-state index is 0.00886. The first kappa shape index (κ1) is 72.2. The molecule has 5 aliphatic heterocycles. The molecule has 5 aliphatic rings. The summed E-state index contributed by atoms with van der Waals surface area (Å²) in [6.07, 6.45) is -45.6. The molecule has 34 nitrogen and oxygen atoms in total. The van der Waals surface area contributed by atoms with Gasteiger partial charge in [-0.05, 0) is 59.7 Å². The zero-order valence-electron chi connectivity index (χ0n) is 49.6. The number of hydrogen-bond donors (Lipinski definition) is 15. The molecule has 0 bridgehead atoms. The van der Waals surface area contributed by atoms with E-state index < -0.39 is 210 Å². The summed E-state index contributed by atoms with van der Waals surface area (Å²) in [4.78, 5) is 54.5. The first-order valence-corrected chi connectivity index (χ1v) is 28.8. The molecule has 0 radical (unpaired) electrons. The van der Waals surface area contributed by atoms with Crippen molar-refractivity contribution in [3.05, 3.63) is 95.6 Å². The molecule has 3 aromatic rings. The maximum absolute atomic E-state index is 14.3. The van der Waals surface area contributed by atoms with E-state index in [0.717, 1.165) is 19.1 Å². The standard InChI is InChI=1S/C59H74O34/c1-25(64)81-23-37-42(71)50(88-55-46(75)44(73)40(69)33(19-60)83-55)48(77)57(86-37)89-51-49(87-39(68)16-12-27-10-14-30(66)32(18-27)80-3)36(22-63)85-58(52(51)90-56-47(76)45(74)41(70)34(20-61)84-56)93-59(24-82-38(67)15-11-26-9-13-29(65)31(17-26)79-2)53(43(72)35(21-62)92-59)91-54(78)28-7-5-4-6-8-28/h4-18,33-37,40-53,55-58,60-63,65-66,69-77H,19-24H2,1-3H3/b15-11+,16-12+/t33-,34-,35-,36-,37-,40-,41-,42-,43-,44+,45+,46-,47-,48-,49-,50+,51+,52-,53-,55-,56+,57-,58-,59+/m1/s1. The van der Waals surface area contributed by atoms with E-state index in [9.17, 15) is 95.8 Å². The van der Waals surface area contributed by atoms with Crippen LogP contribution in [0.15, 0.2) is 78.9 Å². The minimum atomic E-state index is -3.00. The monoisotopic (exact) mass is 1330 g/mol. The zero-order valence-corrected chi connectivity index (χ0v) is 49.6. The van der Waals surface area contributed by atoms with Crippen molar-refractivity contribution < 1.29 is 167 Å². The number of aromatic hydroxyl groups is 2. The van der Waals surface area contributed by atoms with Gasteiger partial charge in [0.1, 0.15) is 117 Å². The highest BCUT2D eigenvalue weighted by atomic mass is 16.8. The van der Waals surface area contributed by atoms with Crippen LogP contribution in [0.5, 0.6) is 23.0 Å². The Balaban J connectivity index is 1.28. The van der Waals surface area contributed by atoms with Gasteiger partial charge in [0, 0.05) is 19.1 Å². The number of hydrogen-bond acceptors (Lipinski definition) is 34. The van der Waals surface area contributed by atoms with Gasteiger partial charge in [-0.25, -0.2) is 14.4 Å². The maximum atomic E-state index is 14.3. The number of ether oxygens (including phenoxy) is 15. The minimum Gasteiger partial charge on any atom is -0.504 e. The Morgan fingerprint density at radius 2 is 0.989 bits per heavy atom. The lowest BCUT2D eigenvalue weighted by Crippen LogP contribution is -2.69. The van der Waals surface area contributed by atoms with Crippen molar-refractivity contribution in [3.63, 3.8) is 0 Å². The van der Waals surface area contributed by atoms with Gasteiger partial charge < -0.3 is 148 Å². The number of phenols is 2. The number of carbonyl (C=O) groups is 4. The average Bonchev–Trinajstić information content (AvgIpc) is 1.72. The van der Waals surface area contributed by atoms with Crippen LogP contribution in [0, 0.1) is 0 Å². The van der Waals surface area contributed by atoms with Crippen molar-refractivity contribution in [2.45, 2.75) is 154 Å². The molecule has 8 rings (SSSR count). The van der Waals surface area contributed by atoms with Gasteiger partial charge in [0.25, 0.3) is 0 Å². The number of benzene rings is 3. The van der Waals surface area contributed by atoms with Gasteiger partial charge in [0.2, 0.25) is 5.79 Å². The van der Waals surface area contributed by atoms with Gasteiger partial charge in [-0.1, -0.05) is 30.3 Å². The van der Waals surface area contributed by atoms with Gasteiger partial charge in [0.05, 0.1) is 46.2 Å². The molecule has 24 atom stereocenters. The van der Waals surface area contributed by atoms with Crippen LogP contribution in [0.1, 0.15) is 28.4 Å². The van der Waals surface area contributed by atoms with E-state index in [0.29, 0.717) is 0 Å². The molecule has 0 saturated carbocycles. The zero-order chi connectivity index (χ0) is 67.6. The molecular weight excluding hydrogens is 1250 g/mol. The molecule has 5 saturated heterocycles. The van der Waals surface area contributed by atoms with Gasteiger partial charge in [-0.2, -0.15) is 0 Å². The smallest absolute Gasteiger partial charge is 0.338 e. The van der Waals surface area contributed by atoms with Crippen LogP contribution in [0.25, 0.3) is 12.2 Å². The van der Waals surface area contributed by atoms with Gasteiger partial charge in [-0.15, -0.1) is 0 Å². The van der Waals surface area contributed by atoms with Crippen molar-refractivity contribution >= 4 is 36.0 Å². The molecule has 0 spiro atoms. The Hall–Kier alpha value is -6.66. The number of aliphatic hydroxyl groups excluding tert-OH is 13. The van der Waals surface area contributed by atoms with Crippen LogP contribution in [0.4, 0.5) is 0 Å². The van der Waals surface area contributed by atoms with Crippen LogP contribution in [0.3, 0.4) is 0 Å². The third-order valence-electron chi connectivity index (χ3n) is 15.5. The number of methoxy groups -OCH3 is 2. The SMILES string of the molecule is COc1cc(/C=C/C(=O)OC[C@@]2(O[C@H]3O[C@H](CO)[C@@H](OC(=O)/C=C/c4ccc(O)c(OC)c4)[C@H](O[C@H]4O[C@H](COC(C)=O)[C@@H](O)[C@H](O[C@H]5O[C@H](CO)[C@@H](O)[C@H](O)[C@H]5O)[C@H]4O)[C@H]3O[C@@H]3O[C@H](CO)[C@@H](O)[C@H](O)[C@H]3O)O[C@H](CO)[C@@H](O)[C@H]2OC(=O)c2ccccc2)ccc1O. The van der Waals surface area contributed by atoms with Crippen LogP contribution in [-0.2, 0) is 76.0 Å². The molecule has 3 aromatic carbocycles. The van der Waals surface area contributed by atoms with E-state index in [1.54, 1.807) is 6.07 Å². The topological polar surface area (TPSA) is 510 Å². The Morgan fingerprint density at radius 3 is 1.52 bits per heavy atom. The molecule has 0 aliphatic carbocycles. The normalized spacial score (nSPS) is 36.3. The molecule has 0 amide bonds. The predicted molar refractivity (Wildman–Crippen MR) is 301 cm³/mol. The highest BCUT2D eigenvalue weighted by Crippen LogP contribution is 2.43. The lowest BCUT2D eigenvalue weighted by atomic mass is 9.95. The average molecular weight is 1330 g/mol. The maximum Gasteiger partial charge on any atom is 0.338 e. The summed E-state index contributed by atoms with van der Waals surface area (Å²) in [5, 5.41) is 165. The van der Waals surface area contributed by atoms with E-state index in [4.69, 9.17) is 71.1 Å². The van der Waals surface area contributed by atoms with E-state index in [1.807, 2.05) is 0 Å². The van der Waals surface area contributed by atoms with Crippen LogP contribution in [0.2, 0.25) is 0 Å². The summed E-state index contributed by atoms with van der Waals surface area (Å²) >= 11 is 0. The number of phenolic OH excluding ortho intramolecular Hbond substituents is 2. The molecule has 93 heavy (non-hydrogen) atoms. The van der Waals surface area contributed by atoms with Crippen molar-refractivity contribution in [2.24, 2.45) is 0 Å². The lowest BCUT2D eigenvalue weighted by Gasteiger charge is -2.51. The fraction of sp³-hybridized carbons (Fsp3) is 0.559. The molecule has 5 fully saturated rings. The summed E-state index contributed by atoms with van der Waals surface area (Å²) < 4.78 is 88.1. The third kappa shape index (κ3) is 16.7. The quantitative estimate of drug-likeness (QED) is 0.0214. The highest BCUT2D eigenvalue weighted by molar-refractivity contribution is 5.90. The van der Waals surface area contributed by atoms with E-state index >= 15 is 0 Å². The number of aliphatic hydroxyl groups is 13. The summed E-state index contributed by atoms with van der Waals surface area (Å²) in [6.45, 7) is -5.65. The first-order chi connectivity index (χ1) is 44.4. The van der Waals surface area contributed by atoms with Gasteiger partial charge in [0.15, 0.2) is 60.4 Å². The number of rotatable bonds is 25. The van der Waals surface area contributed by atoms with Crippen LogP contribution >= 0.6 is 0 Å². The van der Waals surface area contributed by atoms with Crippen molar-refractivity contribution in [1.82, 2.24) is 0 Å². The fourth-order valence-electron chi connectivity index (χ4n) is 10.6. The Bertz CT molecular complexity index is 3020. The van der Waals surface area contributed by atoms with Crippen molar-refractivity contribution in [3.8, 4) is 23.0 Å². The first-order valence-electron chi connectivity index (χ1n) is 28.8. The van der Waals surface area contributed by atoms with E-state index in [2.05, 4.69) is 0 Å². The molecule has 34 heteroatoms. The Kier molecular flexibility index (Phi) is 25.0. The molecular formula is C59H74O34. The molecule has 0 unspecified atom stereocenters. The largest absolute Gasteiger partial charge is 0.504 e. The van der Waals surface area contributed by atoms with Crippen LogP contribution < -0.4 is 9.47 Å². The number of esters is 4. The summed E-state index contributed by atoms with van der Waals surface area (Å²) in [5.41, 5.74) is 0.343. The van der Waals surface area contributed by atoms with Gasteiger partial charge in [-0.3, -0.25) is 4.79 Å². The predicted octanol–water partition coefficient (Wildman–Crippen LogP) is -5.53. The Morgan fingerprint density at radius 1 is 0.495 bits per heavy atom. The number of carbonyl (C=O) groups excluding carboxylic acids is 4. The van der Waals surface area contributed by atoms with E-state index in [-0.39, 0.29) is 39.7 Å². The lowest BCUT2D eigenvalue weighted by molar-refractivity contribution is -0.423.